The molecule has 3 rings (SSSR count). The largest absolute Gasteiger partial charge is 0.406 e. The number of hydrogen-bond acceptors (Lipinski definition) is 3. The first-order chi connectivity index (χ1) is 14.1. The van der Waals surface area contributed by atoms with Gasteiger partial charge in [-0.2, -0.15) is 13.2 Å². The van der Waals surface area contributed by atoms with Gasteiger partial charge in [0.25, 0.3) is 5.91 Å². The fourth-order valence-corrected chi connectivity index (χ4v) is 3.61. The highest BCUT2D eigenvalue weighted by Gasteiger charge is 2.39. The number of carbonyl (C=O) groups is 3. The fourth-order valence-electron chi connectivity index (χ4n) is 3.61. The van der Waals surface area contributed by atoms with Crippen LogP contribution in [0, 0.1) is 13.8 Å². The van der Waals surface area contributed by atoms with Gasteiger partial charge in [-0.25, -0.2) is 4.79 Å². The molecule has 0 spiro atoms. The molecule has 0 bridgehead atoms. The third kappa shape index (κ3) is 4.72. The van der Waals surface area contributed by atoms with Crippen LogP contribution in [-0.2, 0) is 17.8 Å². The van der Waals surface area contributed by atoms with Crippen LogP contribution in [-0.4, -0.2) is 46.0 Å². The van der Waals surface area contributed by atoms with Crippen LogP contribution in [0.15, 0.2) is 36.4 Å². The van der Waals surface area contributed by atoms with Crippen molar-refractivity contribution in [3.63, 3.8) is 0 Å². The number of amides is 3. The Morgan fingerprint density at radius 2 is 1.80 bits per heavy atom. The molecule has 1 aliphatic rings. The number of aromatic nitrogens is 1. The molecule has 1 N–H and O–H groups in total. The molecule has 30 heavy (non-hydrogen) atoms. The standard InChI is InChI=1S/C21H22F3N3O3/c1-13-10-16(14(2)27(13)12-21(22,23)24)18(28)11-26-19(29)17(25-20(26)30)9-8-15-6-4-3-5-7-15/h3-7,10,17H,8-9,11-12H2,1-2H3,(H,25,30)/t17-/m0/s1. The minimum Gasteiger partial charge on any atom is -0.339 e. The monoisotopic (exact) mass is 421 g/mol. The fraction of sp³-hybridized carbons (Fsp3) is 0.381. The maximum absolute atomic E-state index is 12.8. The van der Waals surface area contributed by atoms with Gasteiger partial charge in [0, 0.05) is 17.0 Å². The van der Waals surface area contributed by atoms with E-state index in [-0.39, 0.29) is 17.0 Å². The van der Waals surface area contributed by atoms with Crippen molar-refractivity contribution in [3.05, 3.63) is 58.9 Å². The molecule has 6 nitrogen and oxygen atoms in total. The molecule has 160 valence electrons. The molecule has 1 atom stereocenters. The third-order valence-electron chi connectivity index (χ3n) is 5.18. The van der Waals surface area contributed by atoms with Crippen molar-refractivity contribution in [2.45, 2.75) is 45.5 Å². The Bertz CT molecular complexity index is 967. The van der Waals surface area contributed by atoms with Gasteiger partial charge in [-0.3, -0.25) is 14.5 Å². The normalized spacial score (nSPS) is 16.8. The van der Waals surface area contributed by atoms with E-state index in [9.17, 15) is 27.6 Å². The number of nitrogens with zero attached hydrogens (tertiary/aromatic N) is 2. The van der Waals surface area contributed by atoms with Gasteiger partial charge < -0.3 is 9.88 Å². The predicted molar refractivity (Wildman–Crippen MR) is 103 cm³/mol. The van der Waals surface area contributed by atoms with Crippen LogP contribution < -0.4 is 5.32 Å². The lowest BCUT2D eigenvalue weighted by atomic mass is 10.1. The summed E-state index contributed by atoms with van der Waals surface area (Å²) in [6, 6.07) is 9.42. The van der Waals surface area contributed by atoms with Gasteiger partial charge in [0.2, 0.25) is 0 Å². The van der Waals surface area contributed by atoms with Crippen LogP contribution in [0.1, 0.15) is 33.7 Å². The second-order valence-corrected chi connectivity index (χ2v) is 7.36. The number of nitrogens with one attached hydrogen (secondary N) is 1. The molecule has 1 aromatic carbocycles. The number of carbonyl (C=O) groups excluding carboxylic acids is 3. The van der Waals surface area contributed by atoms with Crippen molar-refractivity contribution in [1.82, 2.24) is 14.8 Å². The molecular formula is C21H22F3N3O3. The van der Waals surface area contributed by atoms with E-state index in [0.29, 0.717) is 12.8 Å². The molecule has 2 aromatic rings. The van der Waals surface area contributed by atoms with Crippen LogP contribution in [0.2, 0.25) is 0 Å². The van der Waals surface area contributed by atoms with E-state index in [0.717, 1.165) is 15.0 Å². The quantitative estimate of drug-likeness (QED) is 0.550. The lowest BCUT2D eigenvalue weighted by molar-refractivity contribution is -0.141. The molecule has 1 saturated heterocycles. The molecule has 1 aromatic heterocycles. The zero-order chi connectivity index (χ0) is 22.1. The van der Waals surface area contributed by atoms with Crippen LogP contribution in [0.3, 0.4) is 0 Å². The average Bonchev–Trinajstić information content (AvgIpc) is 3.10. The van der Waals surface area contributed by atoms with E-state index in [2.05, 4.69) is 5.32 Å². The van der Waals surface area contributed by atoms with E-state index in [1.54, 1.807) is 0 Å². The number of rotatable bonds is 7. The summed E-state index contributed by atoms with van der Waals surface area (Å²) in [7, 11) is 0. The summed E-state index contributed by atoms with van der Waals surface area (Å²) < 4.78 is 39.3. The van der Waals surface area contributed by atoms with E-state index in [1.807, 2.05) is 30.3 Å². The summed E-state index contributed by atoms with van der Waals surface area (Å²) in [6.07, 6.45) is -3.46. The summed E-state index contributed by atoms with van der Waals surface area (Å²) in [5, 5.41) is 2.57. The van der Waals surface area contributed by atoms with Gasteiger partial charge in [-0.05, 0) is 38.3 Å². The Labute approximate surface area is 171 Å². The SMILES string of the molecule is Cc1cc(C(=O)CN2C(=O)N[C@@H](CCc3ccccc3)C2=O)c(C)n1CC(F)(F)F. The van der Waals surface area contributed by atoms with Gasteiger partial charge in [-0.1, -0.05) is 30.3 Å². The van der Waals surface area contributed by atoms with Gasteiger partial charge >= 0.3 is 12.2 Å². The van der Waals surface area contributed by atoms with E-state index >= 15 is 0 Å². The number of imide groups is 1. The van der Waals surface area contributed by atoms with Crippen molar-refractivity contribution in [2.24, 2.45) is 0 Å². The van der Waals surface area contributed by atoms with Crippen molar-refractivity contribution < 1.29 is 27.6 Å². The zero-order valence-corrected chi connectivity index (χ0v) is 16.6. The highest BCUT2D eigenvalue weighted by atomic mass is 19.4. The molecule has 0 radical (unpaired) electrons. The molecule has 0 unspecified atom stereocenters. The Balaban J connectivity index is 1.67. The molecule has 0 aliphatic carbocycles. The highest BCUT2D eigenvalue weighted by molar-refractivity contribution is 6.09. The second-order valence-electron chi connectivity index (χ2n) is 7.36. The molecule has 2 heterocycles. The van der Waals surface area contributed by atoms with Crippen molar-refractivity contribution in [3.8, 4) is 0 Å². The van der Waals surface area contributed by atoms with Crippen LogP contribution in [0.4, 0.5) is 18.0 Å². The molecule has 9 heteroatoms. The van der Waals surface area contributed by atoms with Crippen LogP contribution in [0.5, 0.6) is 0 Å². The van der Waals surface area contributed by atoms with Gasteiger partial charge in [0.1, 0.15) is 12.6 Å². The molecule has 0 saturated carbocycles. The number of ketones is 1. The molecule has 1 aliphatic heterocycles. The maximum Gasteiger partial charge on any atom is 0.406 e. The molecule has 3 amide bonds. The average molecular weight is 421 g/mol. The second kappa shape index (κ2) is 8.33. The van der Waals surface area contributed by atoms with Crippen LogP contribution >= 0.6 is 0 Å². The maximum atomic E-state index is 12.8. The minimum absolute atomic E-state index is 0.0742. The summed E-state index contributed by atoms with van der Waals surface area (Å²) in [5.41, 5.74) is 1.53. The summed E-state index contributed by atoms with van der Waals surface area (Å²) >= 11 is 0. The Hall–Kier alpha value is -3.10. The third-order valence-corrected chi connectivity index (χ3v) is 5.18. The first kappa shape index (κ1) is 21.6. The lowest BCUT2D eigenvalue weighted by Crippen LogP contribution is -2.36. The number of Topliss-reactive ketones (excluding diaryl/α,β-unsaturated/α-hetero) is 1. The smallest absolute Gasteiger partial charge is 0.339 e. The molecule has 1 fully saturated rings. The Kier molecular flexibility index (Phi) is 6.00. The number of aryl methyl sites for hydroxylation is 2. The highest BCUT2D eigenvalue weighted by Crippen LogP contribution is 2.24. The van der Waals surface area contributed by atoms with Gasteiger partial charge in [-0.15, -0.1) is 0 Å². The number of benzene rings is 1. The van der Waals surface area contributed by atoms with Crippen LogP contribution in [0.25, 0.3) is 0 Å². The summed E-state index contributed by atoms with van der Waals surface area (Å²) in [6.45, 7) is 1.18. The number of halogens is 3. The Morgan fingerprint density at radius 1 is 1.13 bits per heavy atom. The minimum atomic E-state index is -4.42. The Morgan fingerprint density at radius 3 is 2.43 bits per heavy atom. The lowest BCUT2D eigenvalue weighted by Gasteiger charge is -2.14. The topological polar surface area (TPSA) is 71.4 Å². The zero-order valence-electron chi connectivity index (χ0n) is 16.6. The van der Waals surface area contributed by atoms with Crippen molar-refractivity contribution in [1.29, 1.82) is 0 Å². The van der Waals surface area contributed by atoms with E-state index in [4.69, 9.17) is 0 Å². The number of alkyl halides is 3. The van der Waals surface area contributed by atoms with Crippen molar-refractivity contribution in [2.75, 3.05) is 6.54 Å². The first-order valence-corrected chi connectivity index (χ1v) is 9.49. The van der Waals surface area contributed by atoms with E-state index in [1.165, 1.54) is 19.9 Å². The summed E-state index contributed by atoms with van der Waals surface area (Å²) in [4.78, 5) is 38.3. The van der Waals surface area contributed by atoms with Crippen molar-refractivity contribution >= 4 is 17.7 Å². The summed E-state index contributed by atoms with van der Waals surface area (Å²) in [5.74, 6) is -1.09. The van der Waals surface area contributed by atoms with Gasteiger partial charge in [0.05, 0.1) is 6.54 Å². The molecular weight excluding hydrogens is 399 g/mol. The predicted octanol–water partition coefficient (Wildman–Crippen LogP) is 3.40. The number of urea groups is 1. The van der Waals surface area contributed by atoms with E-state index < -0.39 is 43.0 Å². The first-order valence-electron chi connectivity index (χ1n) is 9.49. The number of hydrogen-bond donors (Lipinski definition) is 1. The van der Waals surface area contributed by atoms with Gasteiger partial charge in [0.15, 0.2) is 5.78 Å².